The number of rotatable bonds is 1. The fourth-order valence-electron chi connectivity index (χ4n) is 1.86. The average molecular weight is 299 g/mol. The van der Waals surface area contributed by atoms with Crippen LogP contribution in [0.15, 0.2) is 47.2 Å². The number of fused-ring (bicyclic) bond motifs is 1. The van der Waals surface area contributed by atoms with Gasteiger partial charge >= 0.3 is 0 Å². The molecule has 0 saturated carbocycles. The Morgan fingerprint density at radius 1 is 1.22 bits per heavy atom. The second kappa shape index (κ2) is 4.24. The Bertz CT molecular complexity index is 770. The van der Waals surface area contributed by atoms with Crippen LogP contribution in [0.25, 0.3) is 16.9 Å². The molecular weight excluding hydrogens is 292 g/mol. The van der Waals surface area contributed by atoms with Crippen molar-refractivity contribution in [2.24, 2.45) is 0 Å². The van der Waals surface area contributed by atoms with Crippen molar-refractivity contribution >= 4 is 21.6 Å². The van der Waals surface area contributed by atoms with E-state index < -0.39 is 0 Å². The molecule has 0 bridgehead atoms. The molecule has 0 N–H and O–H groups in total. The zero-order valence-corrected chi connectivity index (χ0v) is 10.8. The average Bonchev–Trinajstić information content (AvgIpc) is 2.86. The lowest BCUT2D eigenvalue weighted by atomic mass is 10.1. The molecule has 86 valence electrons. The summed E-state index contributed by atoms with van der Waals surface area (Å²) in [6, 6.07) is 13.7. The molecule has 18 heavy (non-hydrogen) atoms. The molecule has 3 aromatic rings. The van der Waals surface area contributed by atoms with Crippen LogP contribution in [0.4, 0.5) is 0 Å². The van der Waals surface area contributed by atoms with E-state index in [2.05, 4.69) is 32.1 Å². The summed E-state index contributed by atoms with van der Waals surface area (Å²) < 4.78 is 2.68. The van der Waals surface area contributed by atoms with E-state index in [4.69, 9.17) is 5.26 Å². The second-order valence-electron chi connectivity index (χ2n) is 3.75. The Kier molecular flexibility index (Phi) is 2.58. The molecule has 1 aromatic carbocycles. The lowest BCUT2D eigenvalue weighted by Gasteiger charge is -2.05. The Morgan fingerprint density at radius 2 is 2.11 bits per heavy atom. The maximum atomic E-state index is 9.02. The quantitative estimate of drug-likeness (QED) is 0.694. The summed E-state index contributed by atoms with van der Waals surface area (Å²) in [7, 11) is 0. The van der Waals surface area contributed by atoms with E-state index in [0.717, 1.165) is 15.7 Å². The van der Waals surface area contributed by atoms with Crippen molar-refractivity contribution in [1.82, 2.24) is 14.6 Å². The van der Waals surface area contributed by atoms with Gasteiger partial charge in [0.05, 0.1) is 11.3 Å². The summed E-state index contributed by atoms with van der Waals surface area (Å²) in [6.45, 7) is 0. The first-order valence-corrected chi connectivity index (χ1v) is 6.07. The van der Waals surface area contributed by atoms with Crippen LogP contribution < -0.4 is 0 Å². The van der Waals surface area contributed by atoms with E-state index in [1.54, 1.807) is 10.6 Å². The van der Waals surface area contributed by atoms with E-state index in [9.17, 15) is 0 Å². The van der Waals surface area contributed by atoms with Crippen molar-refractivity contribution in [2.75, 3.05) is 0 Å². The maximum Gasteiger partial charge on any atom is 0.173 e. The van der Waals surface area contributed by atoms with Gasteiger partial charge in [0.2, 0.25) is 0 Å². The van der Waals surface area contributed by atoms with Gasteiger partial charge in [-0.05, 0) is 24.3 Å². The molecule has 2 aromatic heterocycles. The van der Waals surface area contributed by atoms with Crippen LogP contribution in [0, 0.1) is 11.3 Å². The maximum absolute atomic E-state index is 9.02. The highest BCUT2D eigenvalue weighted by atomic mass is 79.9. The van der Waals surface area contributed by atoms with Crippen LogP contribution in [-0.2, 0) is 0 Å². The molecular formula is C13H7BrN4. The standard InChI is InChI=1S/C13H7BrN4/c14-11-3-1-2-9(6-11)12-5-4-10(7-15)13-16-8-17-18(12)13/h1-6,8H. The van der Waals surface area contributed by atoms with Crippen molar-refractivity contribution in [2.45, 2.75) is 0 Å². The summed E-state index contributed by atoms with van der Waals surface area (Å²) in [5, 5.41) is 13.2. The lowest BCUT2D eigenvalue weighted by molar-refractivity contribution is 0.967. The van der Waals surface area contributed by atoms with Crippen LogP contribution in [-0.4, -0.2) is 14.6 Å². The fourth-order valence-corrected chi connectivity index (χ4v) is 2.26. The normalized spacial score (nSPS) is 10.4. The van der Waals surface area contributed by atoms with Gasteiger partial charge in [0.25, 0.3) is 0 Å². The van der Waals surface area contributed by atoms with E-state index in [1.807, 2.05) is 30.3 Å². The van der Waals surface area contributed by atoms with Crippen LogP contribution in [0.5, 0.6) is 0 Å². The summed E-state index contributed by atoms with van der Waals surface area (Å²) in [5.74, 6) is 0. The number of pyridine rings is 1. The first-order chi connectivity index (χ1) is 8.79. The lowest BCUT2D eigenvalue weighted by Crippen LogP contribution is -1.96. The minimum atomic E-state index is 0.520. The molecule has 0 atom stereocenters. The van der Waals surface area contributed by atoms with Crippen molar-refractivity contribution in [3.8, 4) is 17.3 Å². The fraction of sp³-hybridized carbons (Fsp3) is 0. The first-order valence-electron chi connectivity index (χ1n) is 5.28. The Hall–Kier alpha value is -2.19. The van der Waals surface area contributed by atoms with E-state index >= 15 is 0 Å². The minimum Gasteiger partial charge on any atom is -0.214 e. The number of aromatic nitrogens is 3. The second-order valence-corrected chi connectivity index (χ2v) is 4.67. The molecule has 0 aliphatic rings. The molecule has 0 amide bonds. The molecule has 0 fully saturated rings. The molecule has 0 unspecified atom stereocenters. The van der Waals surface area contributed by atoms with Gasteiger partial charge in [-0.25, -0.2) is 9.50 Å². The number of hydrogen-bond acceptors (Lipinski definition) is 3. The van der Waals surface area contributed by atoms with Gasteiger partial charge in [-0.15, -0.1) is 0 Å². The molecule has 5 heteroatoms. The zero-order chi connectivity index (χ0) is 12.5. The van der Waals surface area contributed by atoms with Crippen LogP contribution in [0.1, 0.15) is 5.56 Å². The highest BCUT2D eigenvalue weighted by Crippen LogP contribution is 2.24. The number of benzene rings is 1. The highest BCUT2D eigenvalue weighted by Gasteiger charge is 2.09. The molecule has 4 nitrogen and oxygen atoms in total. The van der Waals surface area contributed by atoms with Crippen molar-refractivity contribution < 1.29 is 0 Å². The van der Waals surface area contributed by atoms with Crippen LogP contribution >= 0.6 is 15.9 Å². The number of nitrogens with zero attached hydrogens (tertiary/aromatic N) is 4. The third-order valence-electron chi connectivity index (χ3n) is 2.67. The van der Waals surface area contributed by atoms with Gasteiger partial charge in [-0.2, -0.15) is 10.4 Å². The van der Waals surface area contributed by atoms with Crippen molar-refractivity contribution in [3.05, 3.63) is 52.8 Å². The summed E-state index contributed by atoms with van der Waals surface area (Å²) >= 11 is 3.44. The highest BCUT2D eigenvalue weighted by molar-refractivity contribution is 9.10. The molecule has 0 radical (unpaired) electrons. The Labute approximate surface area is 112 Å². The third kappa shape index (κ3) is 1.67. The minimum absolute atomic E-state index is 0.520. The van der Waals surface area contributed by atoms with Crippen molar-refractivity contribution in [1.29, 1.82) is 5.26 Å². The van der Waals surface area contributed by atoms with Gasteiger partial charge in [0.1, 0.15) is 12.4 Å². The Morgan fingerprint density at radius 3 is 2.89 bits per heavy atom. The van der Waals surface area contributed by atoms with Gasteiger partial charge in [0, 0.05) is 10.0 Å². The molecule has 0 aliphatic carbocycles. The summed E-state index contributed by atoms with van der Waals surface area (Å²) in [5.41, 5.74) is 3.02. The van der Waals surface area contributed by atoms with Gasteiger partial charge in [0.15, 0.2) is 5.65 Å². The van der Waals surface area contributed by atoms with E-state index in [1.165, 1.54) is 6.33 Å². The van der Waals surface area contributed by atoms with Crippen LogP contribution in [0.3, 0.4) is 0 Å². The molecule has 2 heterocycles. The first kappa shape index (κ1) is 10.9. The van der Waals surface area contributed by atoms with Gasteiger partial charge in [-0.1, -0.05) is 28.1 Å². The predicted octanol–water partition coefficient (Wildman–Crippen LogP) is 3.03. The largest absolute Gasteiger partial charge is 0.214 e. The Balaban J connectivity index is 2.31. The number of hydrogen-bond donors (Lipinski definition) is 0. The smallest absolute Gasteiger partial charge is 0.173 e. The summed E-state index contributed by atoms with van der Waals surface area (Å²) in [4.78, 5) is 4.12. The molecule has 0 aliphatic heterocycles. The molecule has 0 saturated heterocycles. The van der Waals surface area contributed by atoms with Crippen LogP contribution in [0.2, 0.25) is 0 Å². The number of halogens is 1. The van der Waals surface area contributed by atoms with Gasteiger partial charge < -0.3 is 0 Å². The predicted molar refractivity (Wildman–Crippen MR) is 70.8 cm³/mol. The zero-order valence-electron chi connectivity index (χ0n) is 9.21. The molecule has 3 rings (SSSR count). The van der Waals surface area contributed by atoms with Crippen molar-refractivity contribution in [3.63, 3.8) is 0 Å². The monoisotopic (exact) mass is 298 g/mol. The molecule has 0 spiro atoms. The SMILES string of the molecule is N#Cc1ccc(-c2cccc(Br)c2)n2ncnc12. The topological polar surface area (TPSA) is 54.0 Å². The number of nitriles is 1. The van der Waals surface area contributed by atoms with E-state index in [0.29, 0.717) is 11.2 Å². The van der Waals surface area contributed by atoms with Gasteiger partial charge in [-0.3, -0.25) is 0 Å². The third-order valence-corrected chi connectivity index (χ3v) is 3.16. The van der Waals surface area contributed by atoms with E-state index in [-0.39, 0.29) is 0 Å². The summed E-state index contributed by atoms with van der Waals surface area (Å²) in [6.07, 6.45) is 1.46.